The first kappa shape index (κ1) is 33.8. The molecular formula is C33H40F4N2O4. The van der Waals surface area contributed by atoms with Crippen LogP contribution in [0.3, 0.4) is 0 Å². The minimum Gasteiger partial charge on any atom is -0.493 e. The molecule has 2 aromatic carbocycles. The molecule has 3 aromatic rings. The number of nitrogens with zero attached hydrogens (tertiary/aromatic N) is 2. The van der Waals surface area contributed by atoms with Crippen LogP contribution in [0.4, 0.5) is 23.2 Å². The lowest BCUT2D eigenvalue weighted by molar-refractivity contribution is -0.179. The van der Waals surface area contributed by atoms with Gasteiger partial charge >= 0.3 is 12.1 Å². The largest absolute Gasteiger partial charge is 0.493 e. The van der Waals surface area contributed by atoms with Gasteiger partial charge in [-0.15, -0.1) is 0 Å². The fourth-order valence-electron chi connectivity index (χ4n) is 5.01. The highest BCUT2D eigenvalue weighted by Gasteiger charge is 2.41. The molecule has 1 aliphatic rings. The predicted octanol–water partition coefficient (Wildman–Crippen LogP) is 7.31. The summed E-state index contributed by atoms with van der Waals surface area (Å²) < 4.78 is 58.8. The summed E-state index contributed by atoms with van der Waals surface area (Å²) in [4.78, 5) is 18.2. The molecule has 0 aliphatic carbocycles. The van der Waals surface area contributed by atoms with Crippen LogP contribution < -0.4 is 9.64 Å². The smallest absolute Gasteiger partial charge is 0.391 e. The first-order valence-corrected chi connectivity index (χ1v) is 14.3. The molecule has 0 radical (unpaired) electrons. The Hall–Kier alpha value is -3.66. The van der Waals surface area contributed by atoms with E-state index in [2.05, 4.69) is 4.98 Å². The number of hydrogen-bond acceptors (Lipinski definition) is 5. The van der Waals surface area contributed by atoms with Crippen molar-refractivity contribution in [3.8, 4) is 16.9 Å². The summed E-state index contributed by atoms with van der Waals surface area (Å²) in [5.74, 6) is -2.05. The average molecular weight is 605 g/mol. The van der Waals surface area contributed by atoms with Crippen molar-refractivity contribution in [1.82, 2.24) is 4.98 Å². The summed E-state index contributed by atoms with van der Waals surface area (Å²) in [6.45, 7) is 9.55. The van der Waals surface area contributed by atoms with Gasteiger partial charge in [-0.3, -0.25) is 9.78 Å². The number of rotatable bonds is 8. The van der Waals surface area contributed by atoms with Gasteiger partial charge in [-0.05, 0) is 82.9 Å². The Morgan fingerprint density at radius 1 is 0.977 bits per heavy atom. The van der Waals surface area contributed by atoms with Gasteiger partial charge in [0.1, 0.15) is 11.6 Å². The van der Waals surface area contributed by atoms with Gasteiger partial charge in [-0.2, -0.15) is 13.2 Å². The van der Waals surface area contributed by atoms with E-state index in [0.717, 1.165) is 16.7 Å². The molecule has 0 spiro atoms. The van der Waals surface area contributed by atoms with Crippen molar-refractivity contribution in [1.29, 1.82) is 0 Å². The number of piperidine rings is 1. The maximum absolute atomic E-state index is 13.3. The highest BCUT2D eigenvalue weighted by Crippen LogP contribution is 2.42. The Morgan fingerprint density at radius 3 is 2.05 bits per heavy atom. The summed E-state index contributed by atoms with van der Waals surface area (Å²) in [5.41, 5.74) is 4.34. The van der Waals surface area contributed by atoms with E-state index in [1.807, 2.05) is 24.0 Å². The molecule has 0 bridgehead atoms. The molecule has 0 atom stereocenters. The van der Waals surface area contributed by atoms with Crippen molar-refractivity contribution >= 4 is 11.7 Å². The molecule has 1 fully saturated rings. The summed E-state index contributed by atoms with van der Waals surface area (Å²) in [6, 6.07) is 13.5. The molecule has 234 valence electrons. The Kier molecular flexibility index (Phi) is 11.2. The number of halogens is 4. The molecule has 1 saturated heterocycles. The number of aliphatic hydroxyl groups is 1. The number of ether oxygens (including phenoxy) is 1. The quantitative estimate of drug-likeness (QED) is 0.263. The van der Waals surface area contributed by atoms with Crippen molar-refractivity contribution in [2.45, 2.75) is 72.1 Å². The Bertz CT molecular complexity index is 1350. The fraction of sp³-hybridized carbons (Fsp3) is 0.455. The molecule has 2 heterocycles. The molecule has 6 nitrogen and oxygen atoms in total. The highest BCUT2D eigenvalue weighted by molar-refractivity contribution is 5.86. The van der Waals surface area contributed by atoms with E-state index in [9.17, 15) is 27.5 Å². The minimum atomic E-state index is -4.24. The monoisotopic (exact) mass is 604 g/mol. The number of carboxylic acids is 1. The number of benzene rings is 2. The standard InChI is InChI=1S/C29H30F4N2O3.C4H10O/c1-18-25(17-26(36)37)28(35-14-11-22(12-15-35)29(31,32)33)27(19(2)34-18)21-5-9-24(10-6-21)38-16-13-20-3-7-23(30)8-4-20;1-4(2,3)5/h3-10,22H,11-17H2,1-2H3,(H,36,37);5H,1-3H3. The molecule has 1 aromatic heterocycles. The van der Waals surface area contributed by atoms with Crippen molar-refractivity contribution in [3.63, 3.8) is 0 Å². The first-order chi connectivity index (χ1) is 20.0. The van der Waals surface area contributed by atoms with E-state index in [1.165, 1.54) is 12.1 Å². The van der Waals surface area contributed by atoms with Gasteiger partial charge in [0.2, 0.25) is 0 Å². The lowest BCUT2D eigenvalue weighted by atomic mass is 9.91. The van der Waals surface area contributed by atoms with Crippen molar-refractivity contribution in [2.75, 3.05) is 24.6 Å². The predicted molar refractivity (Wildman–Crippen MR) is 159 cm³/mol. The molecule has 0 unspecified atom stereocenters. The van der Waals surface area contributed by atoms with Gasteiger partial charge in [0.05, 0.1) is 30.2 Å². The van der Waals surface area contributed by atoms with Crippen molar-refractivity contribution in [2.24, 2.45) is 5.92 Å². The number of anilines is 1. The molecule has 2 N–H and O–H groups in total. The van der Waals surface area contributed by atoms with Crippen LogP contribution in [0.15, 0.2) is 48.5 Å². The number of aromatic nitrogens is 1. The number of aliphatic carboxylic acids is 1. The molecule has 0 saturated carbocycles. The molecule has 0 amide bonds. The Labute approximate surface area is 250 Å². The fourth-order valence-corrected chi connectivity index (χ4v) is 5.01. The van der Waals surface area contributed by atoms with Crippen LogP contribution in [0.1, 0.15) is 56.1 Å². The highest BCUT2D eigenvalue weighted by atomic mass is 19.4. The summed E-state index contributed by atoms with van der Waals surface area (Å²) in [5, 5.41) is 18.1. The van der Waals surface area contributed by atoms with Gasteiger partial charge in [-0.25, -0.2) is 4.39 Å². The van der Waals surface area contributed by atoms with Crippen LogP contribution in [-0.2, 0) is 17.6 Å². The maximum Gasteiger partial charge on any atom is 0.391 e. The zero-order valence-corrected chi connectivity index (χ0v) is 25.3. The lowest BCUT2D eigenvalue weighted by Crippen LogP contribution is -2.40. The number of alkyl halides is 3. The van der Waals surface area contributed by atoms with E-state index in [-0.39, 0.29) is 38.2 Å². The van der Waals surface area contributed by atoms with E-state index in [4.69, 9.17) is 9.84 Å². The molecular weight excluding hydrogens is 564 g/mol. The Balaban J connectivity index is 0.000000934. The summed E-state index contributed by atoms with van der Waals surface area (Å²) >= 11 is 0. The van der Waals surface area contributed by atoms with Gasteiger partial charge in [-0.1, -0.05) is 24.3 Å². The number of hydrogen-bond donors (Lipinski definition) is 2. The number of pyridine rings is 1. The molecule has 4 rings (SSSR count). The molecule has 43 heavy (non-hydrogen) atoms. The van der Waals surface area contributed by atoms with Crippen LogP contribution in [-0.4, -0.2) is 52.6 Å². The van der Waals surface area contributed by atoms with Crippen LogP contribution in [0.25, 0.3) is 11.1 Å². The zero-order valence-electron chi connectivity index (χ0n) is 25.3. The summed E-state index contributed by atoms with van der Waals surface area (Å²) in [7, 11) is 0. The second kappa shape index (κ2) is 14.2. The number of aryl methyl sites for hydroxylation is 2. The minimum absolute atomic E-state index is 0.0449. The maximum atomic E-state index is 13.3. The first-order valence-electron chi connectivity index (χ1n) is 14.3. The van der Waals surface area contributed by atoms with Crippen molar-refractivity contribution < 1.29 is 37.3 Å². The third kappa shape index (κ3) is 10.2. The van der Waals surface area contributed by atoms with Crippen molar-refractivity contribution in [3.05, 3.63) is 76.9 Å². The second-order valence-electron chi connectivity index (χ2n) is 11.8. The molecule has 10 heteroatoms. The van der Waals surface area contributed by atoms with Crippen LogP contribution in [0.2, 0.25) is 0 Å². The van der Waals surface area contributed by atoms with E-state index in [1.54, 1.807) is 52.0 Å². The van der Waals surface area contributed by atoms with E-state index >= 15 is 0 Å². The lowest BCUT2D eigenvalue weighted by Gasteiger charge is -2.37. The topological polar surface area (TPSA) is 82.9 Å². The third-order valence-electron chi connectivity index (χ3n) is 6.97. The number of carbonyl (C=O) groups is 1. The van der Waals surface area contributed by atoms with Gasteiger partial charge in [0, 0.05) is 42.0 Å². The number of carboxylic acid groups (broad SMARTS) is 1. The average Bonchev–Trinajstić information content (AvgIpc) is 2.90. The normalized spacial score (nSPS) is 14.2. The molecule has 1 aliphatic heterocycles. The van der Waals surface area contributed by atoms with Crippen LogP contribution in [0, 0.1) is 25.6 Å². The van der Waals surface area contributed by atoms with E-state index in [0.29, 0.717) is 41.4 Å². The van der Waals surface area contributed by atoms with Gasteiger partial charge in [0.15, 0.2) is 0 Å². The SMILES string of the molecule is CC(C)(C)O.Cc1nc(C)c(-c2ccc(OCCc3ccc(F)cc3)cc2)c(N2CCC(C(F)(F)F)CC2)c1CC(=O)O. The van der Waals surface area contributed by atoms with Gasteiger partial charge < -0.3 is 19.8 Å². The second-order valence-corrected chi connectivity index (χ2v) is 11.8. The van der Waals surface area contributed by atoms with Gasteiger partial charge in [0.25, 0.3) is 0 Å². The van der Waals surface area contributed by atoms with E-state index < -0.39 is 23.7 Å². The van der Waals surface area contributed by atoms with Crippen LogP contribution in [0.5, 0.6) is 5.75 Å². The van der Waals surface area contributed by atoms with Crippen LogP contribution >= 0.6 is 0 Å². The zero-order chi connectivity index (χ0) is 31.9. The summed E-state index contributed by atoms with van der Waals surface area (Å²) in [6.07, 6.45) is -3.99. The Morgan fingerprint density at radius 2 is 1.53 bits per heavy atom. The third-order valence-corrected chi connectivity index (χ3v) is 6.97.